The molecule has 2 nitrogen and oxygen atoms in total. The van der Waals surface area contributed by atoms with E-state index in [9.17, 15) is 4.79 Å². The van der Waals surface area contributed by atoms with Crippen LogP contribution in [0.1, 0.15) is 12.0 Å². The Hall–Kier alpha value is -2.53. The zero-order valence-corrected chi connectivity index (χ0v) is 10.7. The fourth-order valence-corrected chi connectivity index (χ4v) is 1.70. The second-order valence-electron chi connectivity index (χ2n) is 4.00. The number of ether oxygens (including phenoxy) is 1. The second-order valence-corrected chi connectivity index (χ2v) is 4.00. The molecular formula is C17H14O2. The van der Waals surface area contributed by atoms with Crippen LogP contribution in [0.2, 0.25) is 0 Å². The van der Waals surface area contributed by atoms with E-state index in [1.165, 1.54) is 7.11 Å². The highest BCUT2D eigenvalue weighted by Crippen LogP contribution is 2.19. The lowest BCUT2D eigenvalue weighted by Gasteiger charge is -2.01. The minimum atomic E-state index is -0.313. The fraction of sp³-hybridized carbons (Fsp3) is 0.118. The van der Waals surface area contributed by atoms with Crippen molar-refractivity contribution < 1.29 is 9.53 Å². The van der Waals surface area contributed by atoms with Gasteiger partial charge in [-0.2, -0.15) is 0 Å². The first kappa shape index (κ1) is 12.9. The third kappa shape index (κ3) is 3.72. The van der Waals surface area contributed by atoms with Crippen LogP contribution in [0.3, 0.4) is 0 Å². The Morgan fingerprint density at radius 3 is 2.53 bits per heavy atom. The van der Waals surface area contributed by atoms with Gasteiger partial charge in [0.15, 0.2) is 0 Å². The average molecular weight is 250 g/mol. The highest BCUT2D eigenvalue weighted by atomic mass is 16.5. The fourth-order valence-electron chi connectivity index (χ4n) is 1.70. The molecule has 0 N–H and O–H groups in total. The molecule has 94 valence electrons. The molecule has 19 heavy (non-hydrogen) atoms. The molecule has 0 aliphatic rings. The SMILES string of the molecule is COC(=O)CC#Cc1cccc(-c2ccccc2)c1. The summed E-state index contributed by atoms with van der Waals surface area (Å²) in [6, 6.07) is 18.1. The molecule has 0 bridgehead atoms. The number of esters is 1. The van der Waals surface area contributed by atoms with Crippen molar-refractivity contribution in [1.82, 2.24) is 0 Å². The molecule has 2 rings (SSSR count). The normalized spacial score (nSPS) is 9.32. The topological polar surface area (TPSA) is 26.3 Å². The highest BCUT2D eigenvalue weighted by Gasteiger charge is 1.97. The number of benzene rings is 2. The summed E-state index contributed by atoms with van der Waals surface area (Å²) >= 11 is 0. The maximum absolute atomic E-state index is 11.0. The molecule has 2 aromatic rings. The van der Waals surface area contributed by atoms with Crippen molar-refractivity contribution in [3.8, 4) is 23.0 Å². The van der Waals surface area contributed by atoms with Gasteiger partial charge in [-0.3, -0.25) is 4.79 Å². The summed E-state index contributed by atoms with van der Waals surface area (Å²) in [4.78, 5) is 11.0. The third-order valence-electron chi connectivity index (χ3n) is 2.66. The van der Waals surface area contributed by atoms with Crippen molar-refractivity contribution >= 4 is 5.97 Å². The van der Waals surface area contributed by atoms with Crippen molar-refractivity contribution in [3.05, 3.63) is 60.2 Å². The van der Waals surface area contributed by atoms with Gasteiger partial charge in [-0.05, 0) is 23.3 Å². The summed E-state index contributed by atoms with van der Waals surface area (Å²) in [5.41, 5.74) is 3.16. The van der Waals surface area contributed by atoms with Crippen LogP contribution >= 0.6 is 0 Å². The van der Waals surface area contributed by atoms with Crippen LogP contribution in [0.4, 0.5) is 0 Å². The van der Waals surface area contributed by atoms with Crippen LogP contribution in [0, 0.1) is 11.8 Å². The Balaban J connectivity index is 2.18. The van der Waals surface area contributed by atoms with Crippen molar-refractivity contribution in [3.63, 3.8) is 0 Å². The van der Waals surface area contributed by atoms with Crippen molar-refractivity contribution in [2.24, 2.45) is 0 Å². The first-order valence-electron chi connectivity index (χ1n) is 6.01. The molecule has 0 atom stereocenters. The third-order valence-corrected chi connectivity index (χ3v) is 2.66. The van der Waals surface area contributed by atoms with Crippen LogP contribution in [-0.4, -0.2) is 13.1 Å². The summed E-state index contributed by atoms with van der Waals surface area (Å²) in [7, 11) is 1.36. The van der Waals surface area contributed by atoms with Gasteiger partial charge in [-0.15, -0.1) is 0 Å². The quantitative estimate of drug-likeness (QED) is 0.604. The van der Waals surface area contributed by atoms with Gasteiger partial charge < -0.3 is 4.74 Å². The molecule has 0 aromatic heterocycles. The minimum Gasteiger partial charge on any atom is -0.468 e. The minimum absolute atomic E-state index is 0.117. The largest absolute Gasteiger partial charge is 0.468 e. The predicted molar refractivity (Wildman–Crippen MR) is 75.4 cm³/mol. The Morgan fingerprint density at radius 1 is 1.05 bits per heavy atom. The van der Waals surface area contributed by atoms with Gasteiger partial charge >= 0.3 is 5.97 Å². The molecule has 0 spiro atoms. The van der Waals surface area contributed by atoms with Gasteiger partial charge in [0.2, 0.25) is 0 Å². The maximum atomic E-state index is 11.0. The van der Waals surface area contributed by atoms with Gasteiger partial charge in [0.25, 0.3) is 0 Å². The summed E-state index contributed by atoms with van der Waals surface area (Å²) in [5, 5.41) is 0. The first-order valence-corrected chi connectivity index (χ1v) is 6.01. The maximum Gasteiger partial charge on any atom is 0.317 e. The van der Waals surface area contributed by atoms with Crippen LogP contribution in [0.15, 0.2) is 54.6 Å². The van der Waals surface area contributed by atoms with Gasteiger partial charge in [-0.1, -0.05) is 54.3 Å². The molecule has 0 aliphatic heterocycles. The molecular weight excluding hydrogens is 236 g/mol. The molecule has 0 saturated heterocycles. The van der Waals surface area contributed by atoms with Gasteiger partial charge in [0, 0.05) is 5.56 Å². The van der Waals surface area contributed by atoms with Crippen molar-refractivity contribution in [2.45, 2.75) is 6.42 Å². The zero-order valence-electron chi connectivity index (χ0n) is 10.7. The van der Waals surface area contributed by atoms with Crippen LogP contribution in [0.5, 0.6) is 0 Å². The Labute approximate surface area is 113 Å². The van der Waals surface area contributed by atoms with E-state index in [0.29, 0.717) is 0 Å². The smallest absolute Gasteiger partial charge is 0.317 e. The number of carbonyl (C=O) groups is 1. The molecule has 0 aliphatic carbocycles. The van der Waals surface area contributed by atoms with E-state index < -0.39 is 0 Å². The van der Waals surface area contributed by atoms with Gasteiger partial charge in [-0.25, -0.2) is 0 Å². The van der Waals surface area contributed by atoms with E-state index in [-0.39, 0.29) is 12.4 Å². The molecule has 0 unspecified atom stereocenters. The Morgan fingerprint density at radius 2 is 1.79 bits per heavy atom. The van der Waals surface area contributed by atoms with E-state index in [2.05, 4.69) is 28.7 Å². The van der Waals surface area contributed by atoms with E-state index in [0.717, 1.165) is 16.7 Å². The highest BCUT2D eigenvalue weighted by molar-refractivity contribution is 5.72. The molecule has 2 heteroatoms. The molecule has 0 fully saturated rings. The number of carbonyl (C=O) groups excluding carboxylic acids is 1. The molecule has 0 saturated carbocycles. The zero-order chi connectivity index (χ0) is 13.5. The van der Waals surface area contributed by atoms with E-state index in [4.69, 9.17) is 0 Å². The number of hydrogen-bond donors (Lipinski definition) is 0. The Bertz CT molecular complexity index is 618. The lowest BCUT2D eigenvalue weighted by Crippen LogP contribution is -1.96. The van der Waals surface area contributed by atoms with Gasteiger partial charge in [0.1, 0.15) is 6.42 Å². The van der Waals surface area contributed by atoms with E-state index in [1.807, 2.05) is 42.5 Å². The van der Waals surface area contributed by atoms with Crippen LogP contribution in [-0.2, 0) is 9.53 Å². The summed E-state index contributed by atoms with van der Waals surface area (Å²) in [6.45, 7) is 0. The second kappa shape index (κ2) is 6.42. The lowest BCUT2D eigenvalue weighted by atomic mass is 10.0. The average Bonchev–Trinajstić information content (AvgIpc) is 2.48. The predicted octanol–water partition coefficient (Wildman–Crippen LogP) is 3.27. The van der Waals surface area contributed by atoms with Crippen molar-refractivity contribution in [1.29, 1.82) is 0 Å². The summed E-state index contributed by atoms with van der Waals surface area (Å²) < 4.78 is 4.54. The van der Waals surface area contributed by atoms with Crippen LogP contribution in [0.25, 0.3) is 11.1 Å². The first-order chi connectivity index (χ1) is 9.29. The van der Waals surface area contributed by atoms with Gasteiger partial charge in [0.05, 0.1) is 7.11 Å². The van der Waals surface area contributed by atoms with Crippen molar-refractivity contribution in [2.75, 3.05) is 7.11 Å². The lowest BCUT2D eigenvalue weighted by molar-refractivity contribution is -0.139. The molecule has 2 aromatic carbocycles. The number of rotatable bonds is 2. The number of methoxy groups -OCH3 is 1. The van der Waals surface area contributed by atoms with E-state index >= 15 is 0 Å². The molecule has 0 radical (unpaired) electrons. The molecule has 0 heterocycles. The summed E-state index contributed by atoms with van der Waals surface area (Å²) in [6.07, 6.45) is 0.117. The summed E-state index contributed by atoms with van der Waals surface area (Å²) in [5.74, 6) is 5.46. The van der Waals surface area contributed by atoms with Crippen LogP contribution < -0.4 is 0 Å². The Kier molecular flexibility index (Phi) is 4.36. The monoisotopic (exact) mass is 250 g/mol. The molecule has 0 amide bonds. The number of hydrogen-bond acceptors (Lipinski definition) is 2. The van der Waals surface area contributed by atoms with E-state index in [1.54, 1.807) is 0 Å². The standard InChI is InChI=1S/C17H14O2/c1-19-17(18)12-6-8-14-7-5-11-16(13-14)15-9-3-2-4-10-15/h2-5,7,9-11,13H,12H2,1H3.